The topological polar surface area (TPSA) is 69.0 Å². The molecule has 6 heteroatoms. The normalized spacial score (nSPS) is 16.4. The summed E-state index contributed by atoms with van der Waals surface area (Å²) in [4.78, 5) is 16.7. The lowest BCUT2D eigenvalue weighted by Crippen LogP contribution is -2.30. The fraction of sp³-hybridized carbons (Fsp3) is 0.318. The van der Waals surface area contributed by atoms with E-state index in [0.717, 1.165) is 28.4 Å². The molecule has 1 atom stereocenters. The predicted molar refractivity (Wildman–Crippen MR) is 107 cm³/mol. The van der Waals surface area contributed by atoms with Crippen molar-refractivity contribution in [3.8, 4) is 5.75 Å². The highest BCUT2D eigenvalue weighted by Crippen LogP contribution is 2.39. The first-order valence-corrected chi connectivity index (χ1v) is 9.43. The molecule has 0 bridgehead atoms. The Hall–Kier alpha value is -3.15. The average molecular weight is 376 g/mol. The second kappa shape index (κ2) is 7.11. The summed E-state index contributed by atoms with van der Waals surface area (Å²) in [6.07, 6.45) is 4.02. The van der Waals surface area contributed by atoms with E-state index in [9.17, 15) is 4.79 Å². The first-order valence-electron chi connectivity index (χ1n) is 9.43. The number of ether oxygens (including phenoxy) is 1. The molecular formula is C22H24N4O2. The molecule has 0 spiro atoms. The smallest absolute Gasteiger partial charge is 0.226 e. The maximum absolute atomic E-state index is 12.4. The highest BCUT2D eigenvalue weighted by Gasteiger charge is 2.32. The highest BCUT2D eigenvalue weighted by molar-refractivity contribution is 5.94. The Labute approximate surface area is 164 Å². The molecule has 1 amide bonds. The zero-order valence-electron chi connectivity index (χ0n) is 16.3. The average Bonchev–Trinajstić information content (AvgIpc) is 3.11. The number of fused-ring (bicyclic) bond motifs is 1. The van der Waals surface area contributed by atoms with Gasteiger partial charge in [0.15, 0.2) is 0 Å². The van der Waals surface area contributed by atoms with Gasteiger partial charge in [0.2, 0.25) is 5.91 Å². The van der Waals surface area contributed by atoms with Crippen LogP contribution in [0.3, 0.4) is 0 Å². The van der Waals surface area contributed by atoms with Crippen LogP contribution in [0.4, 0.5) is 5.82 Å². The Bertz CT molecular complexity index is 989. The number of pyridine rings is 1. The minimum atomic E-state index is -0.212. The molecule has 0 radical (unpaired) electrons. The predicted octanol–water partition coefficient (Wildman–Crippen LogP) is 4.09. The van der Waals surface area contributed by atoms with Gasteiger partial charge in [-0.25, -0.2) is 4.68 Å². The van der Waals surface area contributed by atoms with Crippen molar-refractivity contribution in [1.29, 1.82) is 0 Å². The molecule has 6 nitrogen and oxygen atoms in total. The van der Waals surface area contributed by atoms with Crippen molar-refractivity contribution in [2.45, 2.75) is 45.3 Å². The standard InChI is InChI=1S/C22H24N4O2/c1-22(2,3)26-21-19(13-24-26)18(12-20(27)25-21)15-7-6-9-17(11-15)28-14-16-8-4-5-10-23-16/h4-11,13,18H,12,14H2,1-3H3,(H,25,27)/t18-/m0/s1. The molecule has 0 saturated heterocycles. The SMILES string of the molecule is CC(C)(C)n1ncc2c1NC(=O)C[C@H]2c1cccc(OCc2ccccn2)c1. The van der Waals surface area contributed by atoms with Gasteiger partial charge in [0, 0.05) is 24.1 Å². The molecule has 0 unspecified atom stereocenters. The van der Waals surface area contributed by atoms with Crippen molar-refractivity contribution < 1.29 is 9.53 Å². The lowest BCUT2D eigenvalue weighted by Gasteiger charge is -2.28. The van der Waals surface area contributed by atoms with Crippen molar-refractivity contribution in [2.24, 2.45) is 0 Å². The maximum Gasteiger partial charge on any atom is 0.226 e. The second-order valence-corrected chi connectivity index (χ2v) is 8.02. The monoisotopic (exact) mass is 376 g/mol. The summed E-state index contributed by atoms with van der Waals surface area (Å²) in [5.41, 5.74) is 2.74. The summed E-state index contributed by atoms with van der Waals surface area (Å²) >= 11 is 0. The van der Waals surface area contributed by atoms with Crippen molar-refractivity contribution in [3.63, 3.8) is 0 Å². The molecule has 1 aliphatic heterocycles. The lowest BCUT2D eigenvalue weighted by atomic mass is 9.87. The molecule has 1 N–H and O–H groups in total. The van der Waals surface area contributed by atoms with E-state index in [1.54, 1.807) is 6.20 Å². The first-order chi connectivity index (χ1) is 13.4. The van der Waals surface area contributed by atoms with E-state index < -0.39 is 0 Å². The highest BCUT2D eigenvalue weighted by atomic mass is 16.5. The van der Waals surface area contributed by atoms with Crippen LogP contribution in [0.2, 0.25) is 0 Å². The molecule has 144 valence electrons. The van der Waals surface area contributed by atoms with Crippen LogP contribution in [0.1, 0.15) is 49.9 Å². The summed E-state index contributed by atoms with van der Waals surface area (Å²) in [5.74, 6) is 1.51. The second-order valence-electron chi connectivity index (χ2n) is 8.02. The van der Waals surface area contributed by atoms with Crippen molar-refractivity contribution in [3.05, 3.63) is 71.7 Å². The molecule has 0 aliphatic carbocycles. The maximum atomic E-state index is 12.4. The Morgan fingerprint density at radius 1 is 1.21 bits per heavy atom. The molecule has 28 heavy (non-hydrogen) atoms. The number of aromatic nitrogens is 3. The van der Waals surface area contributed by atoms with E-state index in [4.69, 9.17) is 4.74 Å². The number of carbonyl (C=O) groups excluding carboxylic acids is 1. The van der Waals surface area contributed by atoms with Crippen LogP contribution in [0.15, 0.2) is 54.9 Å². The quantitative estimate of drug-likeness (QED) is 0.745. The fourth-order valence-electron chi connectivity index (χ4n) is 3.49. The third-order valence-corrected chi connectivity index (χ3v) is 4.83. The third kappa shape index (κ3) is 3.63. The Morgan fingerprint density at radius 3 is 2.82 bits per heavy atom. The molecule has 2 aromatic heterocycles. The summed E-state index contributed by atoms with van der Waals surface area (Å²) in [6, 6.07) is 13.7. The van der Waals surface area contributed by atoms with E-state index in [1.165, 1.54) is 0 Å². The lowest BCUT2D eigenvalue weighted by molar-refractivity contribution is -0.116. The number of rotatable bonds is 4. The molecule has 0 saturated carbocycles. The van der Waals surface area contributed by atoms with Gasteiger partial charge in [-0.15, -0.1) is 0 Å². The van der Waals surface area contributed by atoms with Gasteiger partial charge in [0.05, 0.1) is 17.4 Å². The van der Waals surface area contributed by atoms with E-state index in [2.05, 4.69) is 36.2 Å². The zero-order valence-corrected chi connectivity index (χ0v) is 16.3. The van der Waals surface area contributed by atoms with Crippen molar-refractivity contribution >= 4 is 11.7 Å². The van der Waals surface area contributed by atoms with E-state index in [-0.39, 0.29) is 17.4 Å². The summed E-state index contributed by atoms with van der Waals surface area (Å²) in [7, 11) is 0. The third-order valence-electron chi connectivity index (χ3n) is 4.83. The van der Waals surface area contributed by atoms with Crippen molar-refractivity contribution in [1.82, 2.24) is 14.8 Å². The molecule has 0 fully saturated rings. The molecule has 3 aromatic rings. The molecule has 1 aliphatic rings. The summed E-state index contributed by atoms with van der Waals surface area (Å²) in [5, 5.41) is 7.54. The van der Waals surface area contributed by atoms with Crippen LogP contribution < -0.4 is 10.1 Å². The molecular weight excluding hydrogens is 352 g/mol. The minimum absolute atomic E-state index is 0.00306. The van der Waals surface area contributed by atoms with Crippen LogP contribution in [0.5, 0.6) is 5.75 Å². The van der Waals surface area contributed by atoms with Crippen LogP contribution in [-0.4, -0.2) is 20.7 Å². The van der Waals surface area contributed by atoms with Crippen molar-refractivity contribution in [2.75, 3.05) is 5.32 Å². The molecule has 4 rings (SSSR count). The summed E-state index contributed by atoms with van der Waals surface area (Å²) < 4.78 is 7.80. The van der Waals surface area contributed by atoms with Crippen LogP contribution in [0.25, 0.3) is 0 Å². The number of nitrogens with one attached hydrogen (secondary N) is 1. The van der Waals surface area contributed by atoms with E-state index in [0.29, 0.717) is 13.0 Å². The number of benzene rings is 1. The van der Waals surface area contributed by atoms with Crippen LogP contribution in [-0.2, 0) is 16.9 Å². The number of nitrogens with zero attached hydrogens (tertiary/aromatic N) is 3. The number of carbonyl (C=O) groups is 1. The zero-order chi connectivity index (χ0) is 19.7. The van der Waals surface area contributed by atoms with Gasteiger partial charge in [-0.1, -0.05) is 18.2 Å². The van der Waals surface area contributed by atoms with E-state index >= 15 is 0 Å². The number of hydrogen-bond donors (Lipinski definition) is 1. The molecule has 3 heterocycles. The van der Waals surface area contributed by atoms with Crippen LogP contribution >= 0.6 is 0 Å². The van der Waals surface area contributed by atoms with Gasteiger partial charge in [-0.3, -0.25) is 9.78 Å². The Morgan fingerprint density at radius 2 is 2.07 bits per heavy atom. The van der Waals surface area contributed by atoms with Crippen LogP contribution in [0, 0.1) is 0 Å². The van der Waals surface area contributed by atoms with Gasteiger partial charge in [-0.05, 0) is 50.6 Å². The molecule has 1 aromatic carbocycles. The Balaban J connectivity index is 1.61. The number of anilines is 1. The van der Waals surface area contributed by atoms with Gasteiger partial charge in [-0.2, -0.15) is 5.10 Å². The number of amides is 1. The van der Waals surface area contributed by atoms with Gasteiger partial charge in [0.25, 0.3) is 0 Å². The first kappa shape index (κ1) is 18.2. The largest absolute Gasteiger partial charge is 0.487 e. The van der Waals surface area contributed by atoms with Gasteiger partial charge >= 0.3 is 0 Å². The Kier molecular flexibility index (Phi) is 4.63. The fourth-order valence-corrected chi connectivity index (χ4v) is 3.49. The number of hydrogen-bond acceptors (Lipinski definition) is 4. The van der Waals surface area contributed by atoms with Gasteiger partial charge in [0.1, 0.15) is 18.2 Å². The minimum Gasteiger partial charge on any atom is -0.487 e. The van der Waals surface area contributed by atoms with Gasteiger partial charge < -0.3 is 10.1 Å². The summed E-state index contributed by atoms with van der Waals surface area (Å²) in [6.45, 7) is 6.62. The van der Waals surface area contributed by atoms with E-state index in [1.807, 2.05) is 53.3 Å².